The third-order valence-corrected chi connectivity index (χ3v) is 5.92. The first-order valence-electron chi connectivity index (χ1n) is 13.5. The van der Waals surface area contributed by atoms with Crippen molar-refractivity contribution >= 4 is 24.1 Å². The summed E-state index contributed by atoms with van der Waals surface area (Å²) in [6.07, 6.45) is -2.32. The number of carbonyl (C=O) groups is 4. The van der Waals surface area contributed by atoms with Crippen LogP contribution in [0, 0.1) is 16.7 Å². The Morgan fingerprint density at radius 2 is 1.32 bits per heavy atom. The molecule has 40 heavy (non-hydrogen) atoms. The van der Waals surface area contributed by atoms with E-state index in [0.717, 1.165) is 0 Å². The molecule has 0 heterocycles. The van der Waals surface area contributed by atoms with Gasteiger partial charge in [-0.1, -0.05) is 61.5 Å². The molecule has 1 aromatic rings. The molecule has 0 aliphatic heterocycles. The summed E-state index contributed by atoms with van der Waals surface area (Å²) >= 11 is 0. The maximum Gasteiger partial charge on any atom is 0.508 e. The lowest BCUT2D eigenvalue weighted by Crippen LogP contribution is -2.52. The van der Waals surface area contributed by atoms with Gasteiger partial charge < -0.3 is 29.8 Å². The third-order valence-electron chi connectivity index (χ3n) is 5.92. The number of ether oxygens (including phenoxy) is 4. The Kier molecular flexibility index (Phi) is 12.2. The largest absolute Gasteiger partial charge is 0.508 e. The van der Waals surface area contributed by atoms with Gasteiger partial charge in [0.2, 0.25) is 0 Å². The lowest BCUT2D eigenvalue weighted by Gasteiger charge is -2.28. The van der Waals surface area contributed by atoms with E-state index in [-0.39, 0.29) is 60.0 Å². The molecule has 226 valence electrons. The minimum Gasteiger partial charge on any atom is -0.480 e. The first kappa shape index (κ1) is 34.9. The fraction of sp³-hybridized carbons (Fsp3) is 0.667. The number of carboxylic acid groups (broad SMARTS) is 1. The average molecular weight is 566 g/mol. The van der Waals surface area contributed by atoms with Crippen LogP contribution >= 0.6 is 0 Å². The van der Waals surface area contributed by atoms with Gasteiger partial charge in [0.25, 0.3) is 0 Å². The molecule has 10 nitrogen and oxygen atoms in total. The minimum absolute atomic E-state index is 0.0164. The van der Waals surface area contributed by atoms with Crippen molar-refractivity contribution in [2.24, 2.45) is 22.5 Å². The predicted octanol–water partition coefficient (Wildman–Crippen LogP) is 5.67. The third kappa shape index (κ3) is 12.8. The van der Waals surface area contributed by atoms with Crippen LogP contribution in [0.2, 0.25) is 0 Å². The topological polar surface area (TPSA) is 151 Å². The van der Waals surface area contributed by atoms with Crippen molar-refractivity contribution in [1.82, 2.24) is 0 Å². The number of hydrogen-bond donors (Lipinski definition) is 2. The molecule has 3 atom stereocenters. The molecule has 0 amide bonds. The monoisotopic (exact) mass is 565 g/mol. The lowest BCUT2D eigenvalue weighted by atomic mass is 9.86. The Morgan fingerprint density at radius 3 is 1.77 bits per heavy atom. The zero-order valence-corrected chi connectivity index (χ0v) is 25.6. The van der Waals surface area contributed by atoms with Gasteiger partial charge in [-0.15, -0.1) is 0 Å². The Balaban J connectivity index is 3.21. The number of nitrogens with two attached hydrogens (primary N) is 1. The zero-order chi connectivity index (χ0) is 31.1. The average Bonchev–Trinajstić information content (AvgIpc) is 2.72. The molecular weight excluding hydrogens is 518 g/mol. The maximum absolute atomic E-state index is 12.6. The first-order valence-corrected chi connectivity index (χ1v) is 13.5. The number of carboxylic acids is 1. The molecule has 0 radical (unpaired) electrons. The van der Waals surface area contributed by atoms with Gasteiger partial charge >= 0.3 is 24.1 Å². The van der Waals surface area contributed by atoms with Gasteiger partial charge in [-0.3, -0.25) is 14.4 Å². The Morgan fingerprint density at radius 1 is 0.825 bits per heavy atom. The van der Waals surface area contributed by atoms with Crippen LogP contribution in [-0.2, 0) is 30.3 Å². The summed E-state index contributed by atoms with van der Waals surface area (Å²) in [5, 5.41) is 9.97. The zero-order valence-electron chi connectivity index (χ0n) is 25.6. The van der Waals surface area contributed by atoms with E-state index in [1.165, 1.54) is 19.1 Å². The maximum atomic E-state index is 12.6. The van der Waals surface area contributed by atoms with Crippen molar-refractivity contribution in [3.8, 4) is 11.5 Å². The minimum atomic E-state index is -1.83. The molecule has 0 aliphatic carbocycles. The highest BCUT2D eigenvalue weighted by atomic mass is 16.7. The van der Waals surface area contributed by atoms with Gasteiger partial charge in [-0.05, 0) is 48.3 Å². The van der Waals surface area contributed by atoms with Gasteiger partial charge in [0.05, 0.1) is 12.8 Å². The molecule has 1 aromatic carbocycles. The van der Waals surface area contributed by atoms with Crippen LogP contribution in [0.1, 0.15) is 94.1 Å². The van der Waals surface area contributed by atoms with E-state index < -0.39 is 35.7 Å². The second kappa shape index (κ2) is 14.0. The van der Waals surface area contributed by atoms with E-state index in [2.05, 4.69) is 0 Å². The highest BCUT2D eigenvalue weighted by molar-refractivity contribution is 5.80. The number of carbonyl (C=O) groups excluding carboxylic acids is 3. The SMILES string of the molecule is CC(C)C(C)OC(=O)O[C@@H](C)CC(N)(Cc1ccc(OC(=O)CC(C)(C)C)c(OC(=O)CC(C)(C)C)c1)C(=O)O. The summed E-state index contributed by atoms with van der Waals surface area (Å²) in [6, 6.07) is 4.44. The number of benzene rings is 1. The van der Waals surface area contributed by atoms with Crippen LogP contribution in [0.3, 0.4) is 0 Å². The van der Waals surface area contributed by atoms with Gasteiger partial charge in [-0.2, -0.15) is 0 Å². The van der Waals surface area contributed by atoms with Gasteiger partial charge in [0, 0.05) is 12.8 Å². The summed E-state index contributed by atoms with van der Waals surface area (Å²) in [5.74, 6) is -2.24. The van der Waals surface area contributed by atoms with E-state index in [1.54, 1.807) is 13.0 Å². The van der Waals surface area contributed by atoms with E-state index in [0.29, 0.717) is 5.56 Å². The molecule has 0 aromatic heterocycles. The van der Waals surface area contributed by atoms with Crippen molar-refractivity contribution in [3.63, 3.8) is 0 Å². The number of hydrogen-bond acceptors (Lipinski definition) is 9. The smallest absolute Gasteiger partial charge is 0.480 e. The standard InChI is InChI=1S/C30H47NO9/c1-18(2)20(4)38-27(36)37-19(3)14-30(31,26(34)35)15-21-11-12-22(39-24(32)16-28(5,6)7)23(13-21)40-25(33)17-29(8,9)10/h11-13,18-20H,14-17,31H2,1-10H3,(H,34,35)/t19-,20?,30?/m0/s1. The Hall–Kier alpha value is -3.14. The fourth-order valence-corrected chi connectivity index (χ4v) is 3.64. The number of aliphatic carboxylic acids is 1. The molecule has 1 rings (SSSR count). The molecule has 0 spiro atoms. The Bertz CT molecular complexity index is 1050. The van der Waals surface area contributed by atoms with Crippen molar-refractivity contribution in [3.05, 3.63) is 23.8 Å². The molecule has 3 N–H and O–H groups in total. The molecule has 0 fully saturated rings. The summed E-state index contributed by atoms with van der Waals surface area (Å²) in [5.41, 5.74) is 4.21. The molecule has 0 saturated heterocycles. The lowest BCUT2D eigenvalue weighted by molar-refractivity contribution is -0.145. The van der Waals surface area contributed by atoms with Crippen LogP contribution < -0.4 is 15.2 Å². The molecule has 2 unspecified atom stereocenters. The van der Waals surface area contributed by atoms with E-state index in [4.69, 9.17) is 24.7 Å². The molecule has 0 aliphatic rings. The van der Waals surface area contributed by atoms with Crippen molar-refractivity contribution in [1.29, 1.82) is 0 Å². The highest BCUT2D eigenvalue weighted by Crippen LogP contribution is 2.33. The molecule has 0 saturated carbocycles. The Labute approximate surface area is 237 Å². The van der Waals surface area contributed by atoms with Crippen LogP contribution in [0.5, 0.6) is 11.5 Å². The normalized spacial score (nSPS) is 15.0. The quantitative estimate of drug-likeness (QED) is 0.239. The second-order valence-corrected chi connectivity index (χ2v) is 13.3. The molecule has 0 bridgehead atoms. The molecule has 10 heteroatoms. The molecular formula is C30H47NO9. The fourth-order valence-electron chi connectivity index (χ4n) is 3.64. The summed E-state index contributed by atoms with van der Waals surface area (Å²) in [4.78, 5) is 49.5. The van der Waals surface area contributed by atoms with E-state index >= 15 is 0 Å². The van der Waals surface area contributed by atoms with Gasteiger partial charge in [0.1, 0.15) is 17.7 Å². The van der Waals surface area contributed by atoms with E-state index in [1.807, 2.05) is 55.4 Å². The second-order valence-electron chi connectivity index (χ2n) is 13.3. The van der Waals surface area contributed by atoms with Crippen molar-refractivity contribution in [2.75, 3.05) is 0 Å². The highest BCUT2D eigenvalue weighted by Gasteiger charge is 2.37. The van der Waals surface area contributed by atoms with Crippen molar-refractivity contribution in [2.45, 2.75) is 113 Å². The van der Waals surface area contributed by atoms with Crippen LogP contribution in [-0.4, -0.2) is 46.9 Å². The first-order chi connectivity index (χ1) is 18.1. The number of esters is 2. The van der Waals surface area contributed by atoms with Gasteiger partial charge in [0.15, 0.2) is 11.5 Å². The summed E-state index contributed by atoms with van der Waals surface area (Å²) in [6.45, 7) is 18.4. The van der Waals surface area contributed by atoms with Crippen LogP contribution in [0.15, 0.2) is 18.2 Å². The number of rotatable bonds is 12. The van der Waals surface area contributed by atoms with Gasteiger partial charge in [-0.25, -0.2) is 4.79 Å². The van der Waals surface area contributed by atoms with Crippen molar-refractivity contribution < 1.29 is 43.2 Å². The van der Waals surface area contributed by atoms with Crippen LogP contribution in [0.25, 0.3) is 0 Å². The van der Waals surface area contributed by atoms with Crippen LogP contribution in [0.4, 0.5) is 4.79 Å². The predicted molar refractivity (Wildman–Crippen MR) is 150 cm³/mol. The van der Waals surface area contributed by atoms with E-state index in [9.17, 15) is 24.3 Å². The summed E-state index contributed by atoms with van der Waals surface area (Å²) < 4.78 is 21.5. The summed E-state index contributed by atoms with van der Waals surface area (Å²) in [7, 11) is 0.